The van der Waals surface area contributed by atoms with E-state index in [1.54, 1.807) is 35.4 Å². The zero-order valence-electron chi connectivity index (χ0n) is 21.3. The number of amides is 2. The van der Waals surface area contributed by atoms with Crippen molar-refractivity contribution in [2.75, 3.05) is 18.4 Å². The molecule has 0 saturated heterocycles. The summed E-state index contributed by atoms with van der Waals surface area (Å²) < 4.78 is 27.7. The first-order valence-electron chi connectivity index (χ1n) is 12.5. The minimum Gasteiger partial charge on any atom is -0.383 e. The molecule has 11 nitrogen and oxygen atoms in total. The SMILES string of the molecule is CC(NC(=O)c1cc(Cl)ccc1NC(=O)C1=CC(O[SH](=O)=O)=CN(C2=NNCC2c2ncccc2Cl)C1)C1CC1. The average Bonchev–Trinajstić information content (AvgIpc) is 3.66. The van der Waals surface area contributed by atoms with Crippen molar-refractivity contribution in [2.45, 2.75) is 31.7 Å². The molecule has 1 saturated carbocycles. The predicted octanol–water partition coefficient (Wildman–Crippen LogP) is 3.18. The normalized spacial score (nSPS) is 19.2. The minimum absolute atomic E-state index is 0.00934. The first-order valence-corrected chi connectivity index (χ1v) is 14.4. The number of pyridine rings is 1. The maximum absolute atomic E-state index is 13.5. The van der Waals surface area contributed by atoms with Gasteiger partial charge in [-0.15, -0.1) is 0 Å². The molecule has 3 heterocycles. The third-order valence-corrected chi connectivity index (χ3v) is 7.70. The summed E-state index contributed by atoms with van der Waals surface area (Å²) in [6, 6.07) is 8.02. The highest BCUT2D eigenvalue weighted by molar-refractivity contribution is 7.67. The van der Waals surface area contributed by atoms with Crippen molar-refractivity contribution >= 4 is 57.5 Å². The predicted molar refractivity (Wildman–Crippen MR) is 151 cm³/mol. The summed E-state index contributed by atoms with van der Waals surface area (Å²) in [7, 11) is -3.26. The van der Waals surface area contributed by atoms with Gasteiger partial charge >= 0.3 is 0 Å². The van der Waals surface area contributed by atoms with E-state index in [2.05, 4.69) is 26.1 Å². The number of benzene rings is 1. The minimum atomic E-state index is -3.26. The van der Waals surface area contributed by atoms with Gasteiger partial charge in [0, 0.05) is 35.6 Å². The fourth-order valence-corrected chi connectivity index (χ4v) is 5.29. The number of carbonyl (C=O) groups is 2. The van der Waals surface area contributed by atoms with Crippen LogP contribution in [-0.4, -0.2) is 55.1 Å². The lowest BCUT2D eigenvalue weighted by molar-refractivity contribution is -0.113. The van der Waals surface area contributed by atoms with Gasteiger partial charge in [-0.1, -0.05) is 23.2 Å². The molecule has 1 aromatic heterocycles. The lowest BCUT2D eigenvalue weighted by Crippen LogP contribution is -2.37. The lowest BCUT2D eigenvalue weighted by Gasteiger charge is -2.28. The number of amidine groups is 1. The first kappa shape index (κ1) is 27.9. The molecular formula is C26H26Cl2N6O5S. The van der Waals surface area contributed by atoms with Gasteiger partial charge < -0.3 is 25.1 Å². The van der Waals surface area contributed by atoms with Crippen LogP contribution in [0.3, 0.4) is 0 Å². The van der Waals surface area contributed by atoms with Gasteiger partial charge in [0.25, 0.3) is 22.8 Å². The molecular weight excluding hydrogens is 579 g/mol. The number of hydrogen-bond acceptors (Lipinski definition) is 9. The molecule has 5 rings (SSSR count). The number of nitrogens with zero attached hydrogens (tertiary/aromatic N) is 3. The van der Waals surface area contributed by atoms with Gasteiger partial charge in [-0.05, 0) is 62.1 Å². The summed E-state index contributed by atoms with van der Waals surface area (Å²) in [5.41, 5.74) is 4.14. The Morgan fingerprint density at radius 2 is 2.00 bits per heavy atom. The van der Waals surface area contributed by atoms with E-state index in [0.29, 0.717) is 34.0 Å². The Morgan fingerprint density at radius 1 is 1.20 bits per heavy atom. The van der Waals surface area contributed by atoms with Gasteiger partial charge in [0.15, 0.2) is 5.76 Å². The van der Waals surface area contributed by atoms with Crippen molar-refractivity contribution in [3.8, 4) is 0 Å². The Morgan fingerprint density at radius 3 is 2.73 bits per heavy atom. The zero-order valence-corrected chi connectivity index (χ0v) is 23.7. The van der Waals surface area contributed by atoms with Crippen molar-refractivity contribution in [1.29, 1.82) is 0 Å². The van der Waals surface area contributed by atoms with Crippen molar-refractivity contribution in [2.24, 2.45) is 11.0 Å². The molecule has 1 aromatic carbocycles. The topological polar surface area (TPSA) is 142 Å². The van der Waals surface area contributed by atoms with Crippen LogP contribution in [0.2, 0.25) is 10.0 Å². The second kappa shape index (κ2) is 11.9. The molecule has 14 heteroatoms. The Bertz CT molecular complexity index is 1510. The Kier molecular flexibility index (Phi) is 8.29. The number of hydrazone groups is 1. The summed E-state index contributed by atoms with van der Waals surface area (Å²) in [5.74, 6) is -0.456. The van der Waals surface area contributed by atoms with Crippen LogP contribution in [0.1, 0.15) is 41.7 Å². The van der Waals surface area contributed by atoms with Crippen LogP contribution in [0.25, 0.3) is 0 Å². The van der Waals surface area contributed by atoms with Crippen LogP contribution in [0.15, 0.2) is 65.2 Å². The van der Waals surface area contributed by atoms with E-state index >= 15 is 0 Å². The molecule has 40 heavy (non-hydrogen) atoms. The van der Waals surface area contributed by atoms with Crippen molar-refractivity contribution in [3.05, 3.63) is 81.4 Å². The number of hydrogen-bond donors (Lipinski definition) is 4. The standard InChI is InChI=1S/C26H26Cl2N6O5S/c1-14(15-4-5-15)31-26(36)19-10-17(27)6-7-22(19)32-25(35)16-9-18(39-40(37)38)13-34(12-16)24-20(11-30-33-24)23-21(28)3-2-8-29-23/h2-3,6-10,13-15,20,30,40H,4-5,11-12H2,1H3,(H,31,36)(H,32,35). The maximum Gasteiger partial charge on any atom is 0.299 e. The van der Waals surface area contributed by atoms with Crippen LogP contribution in [0.4, 0.5) is 5.69 Å². The van der Waals surface area contributed by atoms with E-state index in [1.165, 1.54) is 18.3 Å². The summed E-state index contributed by atoms with van der Waals surface area (Å²) >= 11 is 12.5. The van der Waals surface area contributed by atoms with E-state index in [0.717, 1.165) is 12.8 Å². The van der Waals surface area contributed by atoms with Gasteiger partial charge in [0.2, 0.25) is 0 Å². The quantitative estimate of drug-likeness (QED) is 0.337. The van der Waals surface area contributed by atoms with Crippen LogP contribution < -0.4 is 16.1 Å². The van der Waals surface area contributed by atoms with Crippen LogP contribution >= 0.6 is 23.2 Å². The third kappa shape index (κ3) is 6.40. The number of nitrogens with one attached hydrogen (secondary N) is 3. The number of carbonyl (C=O) groups excluding carboxylic acids is 2. The molecule has 2 amide bonds. The van der Waals surface area contributed by atoms with Gasteiger partial charge in [-0.3, -0.25) is 14.6 Å². The Hall–Kier alpha value is -3.61. The first-order chi connectivity index (χ1) is 19.2. The number of thiol groups is 1. The fourth-order valence-electron chi connectivity index (χ4n) is 4.60. The van der Waals surface area contributed by atoms with E-state index < -0.39 is 16.9 Å². The molecule has 2 aromatic rings. The Balaban J connectivity index is 1.39. The number of rotatable bonds is 8. The average molecular weight is 606 g/mol. The van der Waals surface area contributed by atoms with Gasteiger partial charge in [-0.2, -0.15) is 13.5 Å². The van der Waals surface area contributed by atoms with E-state index in [4.69, 9.17) is 27.4 Å². The van der Waals surface area contributed by atoms with Gasteiger partial charge in [-0.25, -0.2) is 0 Å². The molecule has 1 aliphatic carbocycles. The van der Waals surface area contributed by atoms with Crippen molar-refractivity contribution in [1.82, 2.24) is 20.6 Å². The van der Waals surface area contributed by atoms with Crippen LogP contribution in [0.5, 0.6) is 0 Å². The highest BCUT2D eigenvalue weighted by Crippen LogP contribution is 2.33. The lowest BCUT2D eigenvalue weighted by atomic mass is 10.0. The van der Waals surface area contributed by atoms with Crippen LogP contribution in [0, 0.1) is 5.92 Å². The second-order valence-corrected chi connectivity index (χ2v) is 11.1. The summed E-state index contributed by atoms with van der Waals surface area (Å²) in [6.07, 6.45) is 6.51. The molecule has 1 fully saturated rings. The molecule has 2 atom stereocenters. The number of halogens is 2. The highest BCUT2D eigenvalue weighted by atomic mass is 35.5. The second-order valence-electron chi connectivity index (χ2n) is 9.64. The smallest absolute Gasteiger partial charge is 0.299 e. The summed E-state index contributed by atoms with van der Waals surface area (Å²) in [4.78, 5) is 32.5. The summed E-state index contributed by atoms with van der Waals surface area (Å²) in [5, 5.41) is 10.9. The summed E-state index contributed by atoms with van der Waals surface area (Å²) in [6.45, 7) is 2.38. The van der Waals surface area contributed by atoms with Crippen molar-refractivity contribution in [3.63, 3.8) is 0 Å². The third-order valence-electron chi connectivity index (χ3n) is 6.79. The number of anilines is 1. The van der Waals surface area contributed by atoms with E-state index in [-0.39, 0.29) is 47.0 Å². The maximum atomic E-state index is 13.5. The van der Waals surface area contributed by atoms with E-state index in [1.807, 2.05) is 6.92 Å². The molecule has 3 aliphatic rings. The molecule has 0 bridgehead atoms. The molecule has 0 radical (unpaired) electrons. The fraction of sp³-hybridized carbons (Fsp3) is 0.308. The van der Waals surface area contributed by atoms with Gasteiger partial charge in [0.05, 0.1) is 34.4 Å². The molecule has 2 aliphatic heterocycles. The molecule has 0 spiro atoms. The monoisotopic (exact) mass is 604 g/mol. The molecule has 2 unspecified atom stereocenters. The van der Waals surface area contributed by atoms with E-state index in [9.17, 15) is 18.0 Å². The molecule has 210 valence electrons. The zero-order chi connectivity index (χ0) is 28.4. The van der Waals surface area contributed by atoms with Crippen molar-refractivity contribution < 1.29 is 22.2 Å². The largest absolute Gasteiger partial charge is 0.383 e. The molecule has 3 N–H and O–H groups in total. The number of allylic oxidation sites excluding steroid dienone is 1. The Labute approximate surface area is 242 Å². The van der Waals surface area contributed by atoms with Crippen LogP contribution in [-0.2, 0) is 20.0 Å². The number of aromatic nitrogens is 1. The van der Waals surface area contributed by atoms with Gasteiger partial charge in [0.1, 0.15) is 5.84 Å². The highest BCUT2D eigenvalue weighted by Gasteiger charge is 2.33.